The molecule has 2 aromatic carbocycles. The summed E-state index contributed by atoms with van der Waals surface area (Å²) < 4.78 is 71.6. The van der Waals surface area contributed by atoms with Gasteiger partial charge in [0.05, 0.1) is 33.4 Å². The number of para-hydroxylation sites is 1. The van der Waals surface area contributed by atoms with E-state index in [9.17, 15) is 12.6 Å². The van der Waals surface area contributed by atoms with Crippen molar-refractivity contribution in [2.75, 3.05) is 56.4 Å². The number of hydrogen-bond donors (Lipinski definition) is 2. The van der Waals surface area contributed by atoms with Gasteiger partial charge in [0.2, 0.25) is 0 Å². The summed E-state index contributed by atoms with van der Waals surface area (Å²) in [4.78, 5) is 4.52. The van der Waals surface area contributed by atoms with Gasteiger partial charge in [0.15, 0.2) is 0 Å². The summed E-state index contributed by atoms with van der Waals surface area (Å²) in [7, 11) is -4.18. The molecule has 210 valence electrons. The van der Waals surface area contributed by atoms with Crippen LogP contribution in [0.4, 0.5) is 15.8 Å². The lowest BCUT2D eigenvalue weighted by Crippen LogP contribution is -2.48. The molecule has 0 radical (unpaired) electrons. The predicted molar refractivity (Wildman–Crippen MR) is 148 cm³/mol. The third-order valence-electron chi connectivity index (χ3n) is 7.14. The number of piperidine rings is 1. The fourth-order valence-electron chi connectivity index (χ4n) is 5.27. The van der Waals surface area contributed by atoms with Crippen LogP contribution in [0, 0.1) is 16.5 Å². The van der Waals surface area contributed by atoms with Gasteiger partial charge >= 0.3 is 0 Å². The molecule has 0 aliphatic carbocycles. The number of nitrogens with one attached hydrogen (secondary N) is 2. The highest BCUT2D eigenvalue weighted by atomic mass is 32.2. The summed E-state index contributed by atoms with van der Waals surface area (Å²) in [5.74, 6) is 0.0124. The maximum atomic E-state index is 15.1. The zero-order valence-corrected chi connectivity index (χ0v) is 24.0. The highest BCUT2D eigenvalue weighted by Gasteiger charge is 2.29. The molecule has 4 rings (SSSR count). The van der Waals surface area contributed by atoms with Gasteiger partial charge in [-0.1, -0.05) is 6.07 Å². The molecule has 2 aliphatic rings. The van der Waals surface area contributed by atoms with Crippen molar-refractivity contribution in [2.45, 2.75) is 48.7 Å². The molecular weight excluding hydrogens is 529 g/mol. The number of nitrogens with zero attached hydrogens (tertiary/aromatic N) is 3. The van der Waals surface area contributed by atoms with Crippen LogP contribution < -0.4 is 9.62 Å². The average Bonchev–Trinajstić information content (AvgIpc) is 2.84. The Morgan fingerprint density at radius 3 is 2.16 bits per heavy atom. The first kappa shape index (κ1) is 28.8. The van der Waals surface area contributed by atoms with Gasteiger partial charge in [-0.25, -0.2) is 26.1 Å². The predicted octanol–water partition coefficient (Wildman–Crippen LogP) is 3.83. The van der Waals surface area contributed by atoms with Crippen LogP contribution >= 0.6 is 0 Å². The Labute approximate surface area is 226 Å². The Kier molecular flexibility index (Phi) is 8.68. The van der Waals surface area contributed by atoms with E-state index < -0.39 is 25.8 Å². The second kappa shape index (κ2) is 11.5. The quantitative estimate of drug-likeness (QED) is 0.502. The Morgan fingerprint density at radius 2 is 1.58 bits per heavy atom. The molecule has 0 spiro atoms. The van der Waals surface area contributed by atoms with Crippen molar-refractivity contribution in [3.05, 3.63) is 48.3 Å². The van der Waals surface area contributed by atoms with E-state index >= 15 is 4.39 Å². The van der Waals surface area contributed by atoms with Crippen molar-refractivity contribution >= 4 is 31.3 Å². The maximum absolute atomic E-state index is 15.1. The van der Waals surface area contributed by atoms with E-state index in [0.29, 0.717) is 19.0 Å². The smallest absolute Gasteiger partial charge is 0.261 e. The molecule has 2 N–H and O–H groups in total. The van der Waals surface area contributed by atoms with E-state index in [-0.39, 0.29) is 33.4 Å². The third-order valence-corrected chi connectivity index (χ3v) is 10.5. The van der Waals surface area contributed by atoms with Crippen molar-refractivity contribution in [1.29, 1.82) is 4.78 Å². The highest BCUT2D eigenvalue weighted by Crippen LogP contribution is 2.34. The maximum Gasteiger partial charge on any atom is 0.261 e. The SMILES string of the molecule is C[C@@H]1CN(CC2CCN(c3c(F)cccc3NS(=O)(=O)c3ccc(S(=N)(=O)N(C)C)cc3)CC2)C[C@H](C)O1. The number of ether oxygens (including phenoxy) is 1. The van der Waals surface area contributed by atoms with Gasteiger partial charge in [0.1, 0.15) is 15.7 Å². The van der Waals surface area contributed by atoms with E-state index in [1.165, 1.54) is 54.8 Å². The first-order valence-corrected chi connectivity index (χ1v) is 15.9. The topological polar surface area (TPSA) is 106 Å². The summed E-state index contributed by atoms with van der Waals surface area (Å²) in [5, 5.41) is 0. The minimum atomic E-state index is -4.04. The zero-order valence-electron chi connectivity index (χ0n) is 22.4. The molecule has 9 nitrogen and oxygen atoms in total. The van der Waals surface area contributed by atoms with E-state index in [4.69, 9.17) is 9.52 Å². The summed E-state index contributed by atoms with van der Waals surface area (Å²) in [6.07, 6.45) is 2.21. The van der Waals surface area contributed by atoms with E-state index in [2.05, 4.69) is 23.5 Å². The van der Waals surface area contributed by atoms with Gasteiger partial charge in [-0.3, -0.25) is 9.62 Å². The van der Waals surface area contributed by atoms with E-state index in [1.807, 2.05) is 4.90 Å². The number of morpholine rings is 1. The Balaban J connectivity index is 1.46. The van der Waals surface area contributed by atoms with Crippen molar-refractivity contribution in [3.63, 3.8) is 0 Å². The first-order valence-electron chi connectivity index (χ1n) is 12.9. The molecule has 2 aliphatic heterocycles. The summed E-state index contributed by atoms with van der Waals surface area (Å²) in [5.41, 5.74) is 0.433. The van der Waals surface area contributed by atoms with Crippen LogP contribution in [0.5, 0.6) is 0 Å². The molecule has 38 heavy (non-hydrogen) atoms. The number of hydrogen-bond acceptors (Lipinski definition) is 7. The van der Waals surface area contributed by atoms with Gasteiger partial charge in [-0.2, -0.15) is 0 Å². The lowest BCUT2D eigenvalue weighted by atomic mass is 9.95. The standard InChI is InChI=1S/C26H38FN5O4S2/c1-19-16-31(17-20(2)36-19)18-21-12-14-32(15-13-21)26-24(27)6-5-7-25(26)29-38(34,35)23-10-8-22(9-11-23)37(28,33)30(3)4/h5-11,19-21,28-29H,12-18H2,1-4H3/t19-,20+,37?. The van der Waals surface area contributed by atoms with Gasteiger partial charge < -0.3 is 9.64 Å². The minimum absolute atomic E-state index is 0.0573. The fraction of sp³-hybridized carbons (Fsp3) is 0.538. The summed E-state index contributed by atoms with van der Waals surface area (Å²) >= 11 is 0. The van der Waals surface area contributed by atoms with Crippen molar-refractivity contribution in [3.8, 4) is 0 Å². The van der Waals surface area contributed by atoms with Gasteiger partial charge in [0.25, 0.3) is 10.0 Å². The van der Waals surface area contributed by atoms with Gasteiger partial charge in [-0.05, 0) is 69.0 Å². The second-order valence-electron chi connectivity index (χ2n) is 10.5. The number of halogens is 1. The van der Waals surface area contributed by atoms with Crippen LogP contribution in [0.25, 0.3) is 0 Å². The number of rotatable bonds is 8. The van der Waals surface area contributed by atoms with Crippen molar-refractivity contribution in [2.24, 2.45) is 5.92 Å². The first-order chi connectivity index (χ1) is 17.9. The van der Waals surface area contributed by atoms with Crippen LogP contribution in [0.3, 0.4) is 0 Å². The van der Waals surface area contributed by atoms with Gasteiger partial charge in [0, 0.05) is 46.8 Å². The molecule has 12 heteroatoms. The molecule has 2 saturated heterocycles. The van der Waals surface area contributed by atoms with Crippen LogP contribution in [-0.2, 0) is 24.7 Å². The van der Waals surface area contributed by atoms with Crippen LogP contribution in [0.1, 0.15) is 26.7 Å². The molecule has 2 aromatic rings. The molecule has 2 heterocycles. The molecule has 0 saturated carbocycles. The molecule has 0 bridgehead atoms. The number of anilines is 2. The van der Waals surface area contributed by atoms with E-state index in [0.717, 1.165) is 32.5 Å². The molecular formula is C26H38FN5O4S2. The monoisotopic (exact) mass is 567 g/mol. The second-order valence-corrected chi connectivity index (χ2v) is 14.4. The molecule has 3 atom stereocenters. The number of benzene rings is 2. The van der Waals surface area contributed by atoms with Gasteiger partial charge in [-0.15, -0.1) is 0 Å². The van der Waals surface area contributed by atoms with E-state index in [1.54, 1.807) is 6.07 Å². The van der Waals surface area contributed by atoms with Crippen molar-refractivity contribution in [1.82, 2.24) is 9.21 Å². The highest BCUT2D eigenvalue weighted by molar-refractivity contribution is 7.92. The Bertz CT molecular complexity index is 1320. The number of sulfonamides is 1. The lowest BCUT2D eigenvalue weighted by molar-refractivity contribution is -0.0720. The molecule has 2 fully saturated rings. The Hall–Kier alpha value is -2.25. The van der Waals surface area contributed by atoms with Crippen LogP contribution in [0.15, 0.2) is 52.3 Å². The van der Waals surface area contributed by atoms with Crippen LogP contribution in [-0.4, -0.2) is 80.9 Å². The molecule has 1 unspecified atom stereocenters. The largest absolute Gasteiger partial charge is 0.373 e. The molecule has 0 amide bonds. The lowest BCUT2D eigenvalue weighted by Gasteiger charge is -2.40. The zero-order chi connectivity index (χ0) is 27.7. The van der Waals surface area contributed by atoms with Crippen molar-refractivity contribution < 1.29 is 21.8 Å². The Morgan fingerprint density at radius 1 is 1.00 bits per heavy atom. The van der Waals surface area contributed by atoms with Crippen LogP contribution in [0.2, 0.25) is 0 Å². The third kappa shape index (κ3) is 6.48. The summed E-state index contributed by atoms with van der Waals surface area (Å²) in [6.45, 7) is 8.27. The summed E-state index contributed by atoms with van der Waals surface area (Å²) in [6, 6.07) is 9.76. The normalized spacial score (nSPS) is 23.4. The fourth-order valence-corrected chi connectivity index (χ4v) is 7.27. The molecule has 0 aromatic heterocycles. The minimum Gasteiger partial charge on any atom is -0.373 e. The average molecular weight is 568 g/mol.